The van der Waals surface area contributed by atoms with E-state index in [0.717, 1.165) is 0 Å². The summed E-state index contributed by atoms with van der Waals surface area (Å²) >= 11 is 0. The molecule has 0 N–H and O–H groups in total. The number of hydrogen-bond donors (Lipinski definition) is 0. The summed E-state index contributed by atoms with van der Waals surface area (Å²) in [7, 11) is 0. The Balaban J connectivity index is -0.0000000952. The second kappa shape index (κ2) is 57.6. The molecule has 2 aromatic rings. The molecule has 0 bridgehead atoms. The summed E-state index contributed by atoms with van der Waals surface area (Å²) in [5.74, 6) is 0. The maximum Gasteiger partial charge on any atom is -0.0187 e. The Kier molecular flexibility index (Phi) is 74.8. The van der Waals surface area contributed by atoms with Crippen molar-refractivity contribution < 1.29 is 0 Å². The minimum Gasteiger partial charge on any atom is -0.0909 e. The average Bonchev–Trinajstić information content (AvgIpc) is 3.12. The highest BCUT2D eigenvalue weighted by Gasteiger charge is 2.09. The van der Waals surface area contributed by atoms with Gasteiger partial charge in [0.25, 0.3) is 0 Å². The van der Waals surface area contributed by atoms with Crippen molar-refractivity contribution in [3.63, 3.8) is 0 Å². The molecule has 0 radical (unpaired) electrons. The molecule has 45 heavy (non-hydrogen) atoms. The predicted molar refractivity (Wildman–Crippen MR) is 221 cm³/mol. The maximum atomic E-state index is 4.37. The molecule has 0 heteroatoms. The normalized spacial score (nSPS) is 8.78. The highest BCUT2D eigenvalue weighted by molar-refractivity contribution is 5.77. The van der Waals surface area contributed by atoms with Crippen molar-refractivity contribution in [3.05, 3.63) is 89.0 Å². The van der Waals surface area contributed by atoms with Gasteiger partial charge in [0.1, 0.15) is 0 Å². The lowest BCUT2D eigenvalue weighted by molar-refractivity contribution is 0.704. The molecule has 0 aromatic heterocycles. The van der Waals surface area contributed by atoms with Crippen LogP contribution in [0.3, 0.4) is 0 Å². The molecule has 0 heterocycles. The molecule has 0 atom stereocenters. The zero-order chi connectivity index (χ0) is 36.9. The van der Waals surface area contributed by atoms with Crippen LogP contribution < -0.4 is 0 Å². The smallest absolute Gasteiger partial charge is 0.0187 e. The van der Waals surface area contributed by atoms with Crippen LogP contribution in [0.1, 0.15) is 199 Å². The van der Waals surface area contributed by atoms with Gasteiger partial charge < -0.3 is 0 Å². The Hall–Kier alpha value is -2.08. The van der Waals surface area contributed by atoms with Crippen molar-refractivity contribution in [2.24, 2.45) is 0 Å². The van der Waals surface area contributed by atoms with Crippen molar-refractivity contribution in [2.45, 2.75) is 196 Å². The van der Waals surface area contributed by atoms with Crippen molar-refractivity contribution in [1.29, 1.82) is 0 Å². The van der Waals surface area contributed by atoms with Crippen LogP contribution in [-0.4, -0.2) is 0 Å². The first kappa shape index (κ1) is 58.5. The summed E-state index contributed by atoms with van der Waals surface area (Å²) < 4.78 is 0. The lowest BCUT2D eigenvalue weighted by Crippen LogP contribution is -1.95. The van der Waals surface area contributed by atoms with E-state index < -0.39 is 0 Å². The van der Waals surface area contributed by atoms with Gasteiger partial charge in [-0.15, -0.1) is 0 Å². The van der Waals surface area contributed by atoms with Crippen LogP contribution in [0.4, 0.5) is 0 Å². The second-order valence-corrected chi connectivity index (χ2v) is 9.53. The Bertz CT molecular complexity index is 723. The van der Waals surface area contributed by atoms with Crippen LogP contribution in [-0.2, 0) is 0 Å². The molecule has 0 unspecified atom stereocenters. The molecular formula is C45H88. The highest BCUT2D eigenvalue weighted by Crippen LogP contribution is 2.30. The van der Waals surface area contributed by atoms with E-state index in [9.17, 15) is 0 Å². The third-order valence-corrected chi connectivity index (χ3v) is 5.66. The van der Waals surface area contributed by atoms with Crippen LogP contribution in [0, 0.1) is 13.8 Å². The summed E-state index contributed by atoms with van der Waals surface area (Å²) in [5.41, 5.74) is 8.20. The third-order valence-electron chi connectivity index (χ3n) is 5.66. The first-order valence-corrected chi connectivity index (χ1v) is 19.3. The van der Waals surface area contributed by atoms with Crippen LogP contribution in [0.2, 0.25) is 0 Å². The van der Waals surface area contributed by atoms with Gasteiger partial charge in [0.15, 0.2) is 0 Å². The molecule has 268 valence electrons. The molecule has 0 spiro atoms. The van der Waals surface area contributed by atoms with Crippen molar-refractivity contribution in [1.82, 2.24) is 0 Å². The Morgan fingerprint density at radius 1 is 0.489 bits per heavy atom. The quantitative estimate of drug-likeness (QED) is 0.181. The summed E-state index contributed by atoms with van der Waals surface area (Å²) in [6.07, 6.45) is 12.7. The fourth-order valence-corrected chi connectivity index (χ4v) is 3.22. The van der Waals surface area contributed by atoms with Crippen molar-refractivity contribution >= 4 is 5.57 Å². The molecule has 2 aromatic carbocycles. The number of unbranched alkanes of at least 4 members (excludes halogenated alkanes) is 4. The number of allylic oxidation sites excluding steroid dienone is 3. The molecule has 0 saturated carbocycles. The van der Waals surface area contributed by atoms with Gasteiger partial charge in [-0.1, -0.05) is 227 Å². The van der Waals surface area contributed by atoms with Crippen LogP contribution in [0.5, 0.6) is 0 Å². The molecule has 0 saturated heterocycles. The number of rotatable bonds is 10. The van der Waals surface area contributed by atoms with Crippen molar-refractivity contribution in [2.75, 3.05) is 0 Å². The van der Waals surface area contributed by atoms with E-state index in [1.54, 1.807) is 5.57 Å². The molecule has 0 aliphatic carbocycles. The monoisotopic (exact) mass is 629 g/mol. The maximum absolute atomic E-state index is 4.37. The number of benzene rings is 2. The van der Waals surface area contributed by atoms with E-state index in [2.05, 4.69) is 123 Å². The van der Waals surface area contributed by atoms with Gasteiger partial charge in [0.2, 0.25) is 0 Å². The van der Waals surface area contributed by atoms with E-state index in [1.807, 2.05) is 69.2 Å². The van der Waals surface area contributed by atoms with Gasteiger partial charge in [-0.25, -0.2) is 0 Å². The Morgan fingerprint density at radius 3 is 1.16 bits per heavy atom. The molecular weight excluding hydrogens is 540 g/mol. The van der Waals surface area contributed by atoms with E-state index >= 15 is 0 Å². The summed E-state index contributed by atoms with van der Waals surface area (Å²) in [6.45, 7) is 44.0. The summed E-state index contributed by atoms with van der Waals surface area (Å²) in [4.78, 5) is 0. The number of hydrogen-bond acceptors (Lipinski definition) is 0. The summed E-state index contributed by atoms with van der Waals surface area (Å²) in [5, 5.41) is 0. The zero-order valence-electron chi connectivity index (χ0n) is 35.0. The van der Waals surface area contributed by atoms with Gasteiger partial charge in [-0.3, -0.25) is 0 Å². The summed E-state index contributed by atoms with van der Waals surface area (Å²) in [6, 6.07) is 19.1. The van der Waals surface area contributed by atoms with Crippen LogP contribution in [0.15, 0.2) is 72.3 Å². The molecule has 0 aliphatic rings. The molecule has 0 amide bonds. The van der Waals surface area contributed by atoms with Gasteiger partial charge in [0, 0.05) is 0 Å². The largest absolute Gasteiger partial charge is 0.0909 e. The molecule has 0 nitrogen and oxygen atoms in total. The van der Waals surface area contributed by atoms with Gasteiger partial charge in [-0.2, -0.15) is 0 Å². The van der Waals surface area contributed by atoms with Crippen LogP contribution >= 0.6 is 0 Å². The lowest BCUT2D eigenvalue weighted by Gasteiger charge is -2.15. The third kappa shape index (κ3) is 46.5. The van der Waals surface area contributed by atoms with Crippen LogP contribution in [0.25, 0.3) is 5.57 Å². The van der Waals surface area contributed by atoms with E-state index in [1.165, 1.54) is 92.0 Å². The first-order chi connectivity index (χ1) is 21.8. The standard InChI is InChI=1S/C20H30.C8H10.C4H10.C3H8.5C2H6/c1-5-7-10-13-17(3)20(16-8-6-2)18(4)19-14-11-9-12-15-19;1-7-3-5-8(2)6-4-7;1-3-4-2;1-3-2;5*1-2/h9,11-12,14-15H,4-8,10,13,16H2,1-3H3;3-6H,1-2H3;3-4H2,1-2H3;3H2,1-2H3;5*1-2H3/b20-17+;;;;;;;;. The number of aryl methyl sites for hydroxylation is 2. The molecule has 0 fully saturated rings. The van der Waals surface area contributed by atoms with E-state index in [0.29, 0.717) is 0 Å². The highest BCUT2D eigenvalue weighted by atomic mass is 14.1. The second-order valence-electron chi connectivity index (χ2n) is 9.53. The van der Waals surface area contributed by atoms with E-state index in [4.69, 9.17) is 0 Å². The van der Waals surface area contributed by atoms with Gasteiger partial charge >= 0.3 is 0 Å². The minimum atomic E-state index is 1.17. The molecule has 0 aliphatic heterocycles. The van der Waals surface area contributed by atoms with Gasteiger partial charge in [0.05, 0.1) is 0 Å². The van der Waals surface area contributed by atoms with Crippen molar-refractivity contribution in [3.8, 4) is 0 Å². The Labute approximate surface area is 289 Å². The van der Waals surface area contributed by atoms with E-state index in [-0.39, 0.29) is 0 Å². The average molecular weight is 629 g/mol. The Morgan fingerprint density at radius 2 is 0.844 bits per heavy atom. The SMILES string of the molecule is C=C(/C(CCCC)=C(\C)CCCCC)c1ccccc1.CC.CC.CC.CC.CC.CCC.CCCC.Cc1ccc(C)cc1. The zero-order valence-corrected chi connectivity index (χ0v) is 35.0. The predicted octanol–water partition coefficient (Wildman–Crippen LogP) is 17.4. The first-order valence-electron chi connectivity index (χ1n) is 19.3. The fraction of sp³-hybridized carbons (Fsp3) is 0.644. The topological polar surface area (TPSA) is 0 Å². The fourth-order valence-electron chi connectivity index (χ4n) is 3.22. The van der Waals surface area contributed by atoms with Gasteiger partial charge in [-0.05, 0) is 63.2 Å². The lowest BCUT2D eigenvalue weighted by atomic mass is 9.90. The minimum absolute atomic E-state index is 1.17. The molecule has 2 rings (SSSR count).